The predicted octanol–water partition coefficient (Wildman–Crippen LogP) is 2.55. The first-order chi connectivity index (χ1) is 9.48. The molecule has 110 valence electrons. The van der Waals surface area contributed by atoms with Crippen LogP contribution >= 0.6 is 0 Å². The van der Waals surface area contributed by atoms with E-state index in [4.69, 9.17) is 5.73 Å². The van der Waals surface area contributed by atoms with Crippen LogP contribution < -0.4 is 5.73 Å². The molecule has 20 heavy (non-hydrogen) atoms. The van der Waals surface area contributed by atoms with Gasteiger partial charge < -0.3 is 10.6 Å². The van der Waals surface area contributed by atoms with Gasteiger partial charge in [0.25, 0.3) is 0 Å². The Labute approximate surface area is 122 Å². The van der Waals surface area contributed by atoms with Gasteiger partial charge in [-0.2, -0.15) is 0 Å². The van der Waals surface area contributed by atoms with Crippen LogP contribution in [0.25, 0.3) is 0 Å². The Hall–Kier alpha value is -1.35. The highest BCUT2D eigenvalue weighted by Crippen LogP contribution is 2.30. The fourth-order valence-corrected chi connectivity index (χ4v) is 3.20. The third-order valence-corrected chi connectivity index (χ3v) is 4.65. The summed E-state index contributed by atoms with van der Waals surface area (Å²) in [6, 6.07) is 10.2. The number of nitrogens with two attached hydrogens (primary N) is 1. The fraction of sp³-hybridized carbons (Fsp3) is 0.588. The van der Waals surface area contributed by atoms with Crippen LogP contribution in [0.1, 0.15) is 39.2 Å². The van der Waals surface area contributed by atoms with Gasteiger partial charge in [-0.3, -0.25) is 4.79 Å². The molecule has 2 N–H and O–H groups in total. The standard InChI is InChI=1S/C17H26N2O/c1-13-8-7-11-19(15(13)12-18)16(20)17(2,3)14-9-5-4-6-10-14/h4-6,9-10,13,15H,7-8,11-12,18H2,1-3H3. The Bertz CT molecular complexity index is 455. The number of piperidine rings is 1. The highest BCUT2D eigenvalue weighted by atomic mass is 16.2. The van der Waals surface area contributed by atoms with Crippen LogP contribution in [0.3, 0.4) is 0 Å². The summed E-state index contributed by atoms with van der Waals surface area (Å²) in [5, 5.41) is 0. The molecule has 1 aromatic rings. The first-order valence-corrected chi connectivity index (χ1v) is 7.55. The van der Waals surface area contributed by atoms with Crippen LogP contribution in [0.2, 0.25) is 0 Å². The number of hydrogen-bond donors (Lipinski definition) is 1. The van der Waals surface area contributed by atoms with E-state index in [1.165, 1.54) is 0 Å². The summed E-state index contributed by atoms with van der Waals surface area (Å²) in [6.45, 7) is 7.61. The van der Waals surface area contributed by atoms with Gasteiger partial charge in [0.1, 0.15) is 0 Å². The Morgan fingerprint density at radius 2 is 2.00 bits per heavy atom. The maximum atomic E-state index is 13.0. The molecule has 3 heteroatoms. The number of rotatable bonds is 3. The van der Waals surface area contributed by atoms with E-state index in [-0.39, 0.29) is 11.9 Å². The summed E-state index contributed by atoms with van der Waals surface area (Å²) >= 11 is 0. The van der Waals surface area contributed by atoms with Crippen LogP contribution in [0.5, 0.6) is 0 Å². The van der Waals surface area contributed by atoms with Crippen molar-refractivity contribution in [2.45, 2.75) is 45.1 Å². The number of carbonyl (C=O) groups excluding carboxylic acids is 1. The van der Waals surface area contributed by atoms with Crippen molar-refractivity contribution in [2.75, 3.05) is 13.1 Å². The van der Waals surface area contributed by atoms with E-state index in [1.54, 1.807) is 0 Å². The monoisotopic (exact) mass is 274 g/mol. The lowest BCUT2D eigenvalue weighted by Crippen LogP contribution is -2.55. The largest absolute Gasteiger partial charge is 0.337 e. The number of likely N-dealkylation sites (tertiary alicyclic amines) is 1. The number of amides is 1. The second kappa shape index (κ2) is 5.96. The van der Waals surface area contributed by atoms with Gasteiger partial charge in [0.2, 0.25) is 5.91 Å². The van der Waals surface area contributed by atoms with E-state index >= 15 is 0 Å². The van der Waals surface area contributed by atoms with Crippen LogP contribution in [-0.2, 0) is 10.2 Å². The number of benzene rings is 1. The van der Waals surface area contributed by atoms with E-state index < -0.39 is 5.41 Å². The van der Waals surface area contributed by atoms with Crippen molar-refractivity contribution in [3.8, 4) is 0 Å². The SMILES string of the molecule is CC1CCCN(C(=O)C(C)(C)c2ccccc2)C1CN. The molecule has 1 amide bonds. The van der Waals surface area contributed by atoms with Gasteiger partial charge in [-0.1, -0.05) is 37.3 Å². The lowest BCUT2D eigenvalue weighted by molar-refractivity contribution is -0.141. The molecule has 1 saturated heterocycles. The van der Waals surface area contributed by atoms with Gasteiger partial charge in [-0.25, -0.2) is 0 Å². The van der Waals surface area contributed by atoms with E-state index in [0.717, 1.165) is 24.9 Å². The molecule has 2 rings (SSSR count). The molecule has 0 saturated carbocycles. The van der Waals surface area contributed by atoms with Crippen molar-refractivity contribution in [2.24, 2.45) is 11.7 Å². The molecule has 1 fully saturated rings. The van der Waals surface area contributed by atoms with Crippen molar-refractivity contribution in [3.05, 3.63) is 35.9 Å². The van der Waals surface area contributed by atoms with Gasteiger partial charge in [-0.15, -0.1) is 0 Å². The quantitative estimate of drug-likeness (QED) is 0.920. The van der Waals surface area contributed by atoms with Gasteiger partial charge in [0.05, 0.1) is 5.41 Å². The van der Waals surface area contributed by atoms with Gasteiger partial charge in [0, 0.05) is 19.1 Å². The number of nitrogens with zero attached hydrogens (tertiary/aromatic N) is 1. The van der Waals surface area contributed by atoms with E-state index in [9.17, 15) is 4.79 Å². The Morgan fingerprint density at radius 1 is 1.35 bits per heavy atom. The molecule has 0 bridgehead atoms. The van der Waals surface area contributed by atoms with Crippen molar-refractivity contribution < 1.29 is 4.79 Å². The normalized spacial score (nSPS) is 23.7. The maximum Gasteiger partial charge on any atom is 0.232 e. The Balaban J connectivity index is 2.25. The molecule has 0 radical (unpaired) electrons. The lowest BCUT2D eigenvalue weighted by Gasteiger charge is -2.43. The van der Waals surface area contributed by atoms with Crippen LogP contribution in [0.15, 0.2) is 30.3 Å². The second-order valence-electron chi connectivity index (χ2n) is 6.41. The molecule has 3 nitrogen and oxygen atoms in total. The van der Waals surface area contributed by atoms with Crippen molar-refractivity contribution in [3.63, 3.8) is 0 Å². The maximum absolute atomic E-state index is 13.0. The highest BCUT2D eigenvalue weighted by Gasteiger charge is 2.39. The Morgan fingerprint density at radius 3 is 2.60 bits per heavy atom. The molecule has 0 spiro atoms. The van der Waals surface area contributed by atoms with Gasteiger partial charge in [-0.05, 0) is 38.2 Å². The van der Waals surface area contributed by atoms with Gasteiger partial charge in [0.15, 0.2) is 0 Å². The van der Waals surface area contributed by atoms with Crippen LogP contribution in [0.4, 0.5) is 0 Å². The molecule has 1 heterocycles. The zero-order valence-electron chi connectivity index (χ0n) is 12.8. The minimum atomic E-state index is -0.494. The van der Waals surface area contributed by atoms with Crippen LogP contribution in [-0.4, -0.2) is 29.9 Å². The summed E-state index contributed by atoms with van der Waals surface area (Å²) in [4.78, 5) is 15.0. The molecule has 0 aromatic heterocycles. The molecule has 2 atom stereocenters. The second-order valence-corrected chi connectivity index (χ2v) is 6.41. The summed E-state index contributed by atoms with van der Waals surface area (Å²) in [5.74, 6) is 0.690. The smallest absolute Gasteiger partial charge is 0.232 e. The average Bonchev–Trinajstić information content (AvgIpc) is 2.47. The van der Waals surface area contributed by atoms with E-state index in [0.29, 0.717) is 12.5 Å². The zero-order chi connectivity index (χ0) is 14.8. The summed E-state index contributed by atoms with van der Waals surface area (Å²) in [7, 11) is 0. The van der Waals surface area contributed by atoms with Crippen LogP contribution in [0, 0.1) is 5.92 Å². The summed E-state index contributed by atoms with van der Waals surface area (Å²) < 4.78 is 0. The third kappa shape index (κ3) is 2.73. The minimum absolute atomic E-state index is 0.180. The summed E-state index contributed by atoms with van der Waals surface area (Å²) in [5.41, 5.74) is 6.48. The van der Waals surface area contributed by atoms with Crippen molar-refractivity contribution in [1.82, 2.24) is 4.90 Å². The molecule has 2 unspecified atom stereocenters. The van der Waals surface area contributed by atoms with E-state index in [2.05, 4.69) is 6.92 Å². The summed E-state index contributed by atoms with van der Waals surface area (Å²) in [6.07, 6.45) is 2.24. The number of hydrogen-bond acceptors (Lipinski definition) is 2. The molecule has 1 aromatic carbocycles. The first-order valence-electron chi connectivity index (χ1n) is 7.55. The lowest BCUT2D eigenvalue weighted by atomic mass is 9.81. The highest BCUT2D eigenvalue weighted by molar-refractivity contribution is 5.87. The van der Waals surface area contributed by atoms with Crippen molar-refractivity contribution in [1.29, 1.82) is 0 Å². The molecular weight excluding hydrogens is 248 g/mol. The fourth-order valence-electron chi connectivity index (χ4n) is 3.20. The molecule has 0 aliphatic carbocycles. The average molecular weight is 274 g/mol. The van der Waals surface area contributed by atoms with Crippen molar-refractivity contribution >= 4 is 5.91 Å². The predicted molar refractivity (Wildman–Crippen MR) is 82.4 cm³/mol. The molecular formula is C17H26N2O. The number of carbonyl (C=O) groups is 1. The third-order valence-electron chi connectivity index (χ3n) is 4.65. The molecule has 1 aliphatic rings. The molecule has 1 aliphatic heterocycles. The Kier molecular flexibility index (Phi) is 4.48. The van der Waals surface area contributed by atoms with Gasteiger partial charge >= 0.3 is 0 Å². The topological polar surface area (TPSA) is 46.3 Å². The first kappa shape index (κ1) is 15.0. The zero-order valence-corrected chi connectivity index (χ0v) is 12.8. The minimum Gasteiger partial charge on any atom is -0.337 e. The van der Waals surface area contributed by atoms with E-state index in [1.807, 2.05) is 49.1 Å².